The van der Waals surface area contributed by atoms with Gasteiger partial charge < -0.3 is 20.1 Å². The van der Waals surface area contributed by atoms with Gasteiger partial charge in [-0.1, -0.05) is 0 Å². The van der Waals surface area contributed by atoms with Gasteiger partial charge in [-0.15, -0.1) is 0 Å². The third kappa shape index (κ3) is 5.21. The summed E-state index contributed by atoms with van der Waals surface area (Å²) in [6, 6.07) is 3.98. The van der Waals surface area contributed by atoms with Crippen LogP contribution in [-0.2, 0) is 12.4 Å². The monoisotopic (exact) mass is 408 g/mol. The summed E-state index contributed by atoms with van der Waals surface area (Å²) in [6.45, 7) is 0. The molecule has 2 amide bonds. The van der Waals surface area contributed by atoms with E-state index in [-0.39, 0.29) is 17.5 Å². The third-order valence-corrected chi connectivity index (χ3v) is 3.49. The largest absolute Gasteiger partial charge is 0.493 e. The molecule has 11 heteroatoms. The van der Waals surface area contributed by atoms with Gasteiger partial charge in [0.15, 0.2) is 11.5 Å². The van der Waals surface area contributed by atoms with E-state index in [1.807, 2.05) is 5.32 Å². The van der Waals surface area contributed by atoms with Crippen molar-refractivity contribution in [1.82, 2.24) is 0 Å². The Morgan fingerprint density at radius 3 is 1.71 bits per heavy atom. The van der Waals surface area contributed by atoms with Crippen molar-refractivity contribution in [2.24, 2.45) is 0 Å². The molecule has 0 bridgehead atoms. The fourth-order valence-electron chi connectivity index (χ4n) is 2.23. The van der Waals surface area contributed by atoms with Gasteiger partial charge >= 0.3 is 18.4 Å². The molecule has 0 atom stereocenters. The molecule has 0 spiro atoms. The number of carbonyl (C=O) groups excluding carboxylic acids is 1. The van der Waals surface area contributed by atoms with E-state index >= 15 is 0 Å². The SMILES string of the molecule is COc1ccc(NC(=O)Nc2cc(C(F)(F)F)cc(C(F)(F)F)c2)cc1OC. The van der Waals surface area contributed by atoms with E-state index in [4.69, 9.17) is 9.47 Å². The summed E-state index contributed by atoms with van der Waals surface area (Å²) < 4.78 is 87.2. The highest BCUT2D eigenvalue weighted by atomic mass is 19.4. The normalized spacial score (nSPS) is 11.7. The lowest BCUT2D eigenvalue weighted by molar-refractivity contribution is -0.143. The van der Waals surface area contributed by atoms with Crippen LogP contribution in [-0.4, -0.2) is 20.3 Å². The smallest absolute Gasteiger partial charge is 0.416 e. The van der Waals surface area contributed by atoms with Crippen molar-refractivity contribution in [3.63, 3.8) is 0 Å². The van der Waals surface area contributed by atoms with E-state index < -0.39 is 35.2 Å². The summed E-state index contributed by atoms with van der Waals surface area (Å²) in [5.74, 6) is 0.625. The van der Waals surface area contributed by atoms with Gasteiger partial charge in [0.2, 0.25) is 0 Å². The number of hydrogen-bond donors (Lipinski definition) is 2. The number of benzene rings is 2. The van der Waals surface area contributed by atoms with Crippen LogP contribution in [0.3, 0.4) is 0 Å². The Morgan fingerprint density at radius 2 is 1.25 bits per heavy atom. The van der Waals surface area contributed by atoms with Gasteiger partial charge in [0, 0.05) is 17.4 Å². The van der Waals surface area contributed by atoms with E-state index in [2.05, 4.69) is 5.32 Å². The fourth-order valence-corrected chi connectivity index (χ4v) is 2.23. The van der Waals surface area contributed by atoms with Crippen molar-refractivity contribution in [2.75, 3.05) is 24.9 Å². The maximum Gasteiger partial charge on any atom is 0.416 e. The van der Waals surface area contributed by atoms with Gasteiger partial charge in [0.1, 0.15) is 0 Å². The number of amides is 2. The Labute approximate surface area is 155 Å². The van der Waals surface area contributed by atoms with Crippen molar-refractivity contribution < 1.29 is 40.6 Å². The second kappa shape index (κ2) is 7.87. The molecule has 5 nitrogen and oxygen atoms in total. The molecule has 0 aliphatic heterocycles. The summed E-state index contributed by atoms with van der Waals surface area (Å²) >= 11 is 0. The first-order valence-electron chi connectivity index (χ1n) is 7.53. The van der Waals surface area contributed by atoms with E-state index in [1.54, 1.807) is 0 Å². The topological polar surface area (TPSA) is 59.6 Å². The highest BCUT2D eigenvalue weighted by Crippen LogP contribution is 2.37. The molecule has 2 aromatic rings. The lowest BCUT2D eigenvalue weighted by atomic mass is 10.1. The quantitative estimate of drug-likeness (QED) is 0.668. The Kier molecular flexibility index (Phi) is 5.95. The van der Waals surface area contributed by atoms with Crippen LogP contribution >= 0.6 is 0 Å². The zero-order valence-electron chi connectivity index (χ0n) is 14.5. The number of carbonyl (C=O) groups is 1. The molecular formula is C17H14F6N2O3. The van der Waals surface area contributed by atoms with Crippen molar-refractivity contribution in [3.05, 3.63) is 47.5 Å². The molecule has 2 N–H and O–H groups in total. The van der Waals surface area contributed by atoms with Gasteiger partial charge in [0.25, 0.3) is 0 Å². The lowest BCUT2D eigenvalue weighted by Gasteiger charge is -2.15. The molecule has 0 aliphatic rings. The minimum atomic E-state index is -5.02. The molecular weight excluding hydrogens is 394 g/mol. The molecule has 28 heavy (non-hydrogen) atoms. The number of ether oxygens (including phenoxy) is 2. The van der Waals surface area contributed by atoms with E-state index in [1.165, 1.54) is 32.4 Å². The predicted octanol–water partition coefficient (Wildman–Crippen LogP) is 5.39. The van der Waals surface area contributed by atoms with E-state index in [0.29, 0.717) is 17.9 Å². The molecule has 0 radical (unpaired) electrons. The molecule has 0 heterocycles. The van der Waals surface area contributed by atoms with Crippen LogP contribution in [0.15, 0.2) is 36.4 Å². The van der Waals surface area contributed by atoms with Crippen molar-refractivity contribution in [3.8, 4) is 11.5 Å². The highest BCUT2D eigenvalue weighted by Gasteiger charge is 2.37. The number of rotatable bonds is 4. The van der Waals surface area contributed by atoms with Crippen LogP contribution in [0.5, 0.6) is 11.5 Å². The van der Waals surface area contributed by atoms with Crippen molar-refractivity contribution >= 4 is 17.4 Å². The summed E-state index contributed by atoms with van der Waals surface area (Å²) in [5, 5.41) is 4.24. The molecule has 0 aliphatic carbocycles. The first-order valence-corrected chi connectivity index (χ1v) is 7.53. The zero-order chi connectivity index (χ0) is 21.1. The standard InChI is InChI=1S/C17H14F6N2O3/c1-27-13-4-3-11(8-14(13)28-2)24-15(26)25-12-6-9(16(18,19)20)5-10(7-12)17(21,22)23/h3-8H,1-2H3,(H2,24,25,26). The number of halogens is 6. The Balaban J connectivity index is 2.26. The molecule has 2 rings (SSSR count). The van der Waals surface area contributed by atoms with Crippen molar-refractivity contribution in [1.29, 1.82) is 0 Å². The predicted molar refractivity (Wildman–Crippen MR) is 88.6 cm³/mol. The first-order chi connectivity index (χ1) is 12.9. The maximum atomic E-state index is 12.9. The average Bonchev–Trinajstić information content (AvgIpc) is 2.59. The van der Waals surface area contributed by atoms with Gasteiger partial charge in [-0.3, -0.25) is 0 Å². The van der Waals surface area contributed by atoms with Crippen LogP contribution in [0.2, 0.25) is 0 Å². The number of methoxy groups -OCH3 is 2. The summed E-state index contributed by atoms with van der Waals surface area (Å²) in [4.78, 5) is 12.0. The Morgan fingerprint density at radius 1 is 0.750 bits per heavy atom. The second-order valence-electron chi connectivity index (χ2n) is 5.44. The minimum Gasteiger partial charge on any atom is -0.493 e. The molecule has 0 saturated carbocycles. The summed E-state index contributed by atoms with van der Waals surface area (Å²) in [6.07, 6.45) is -10.0. The lowest BCUT2D eigenvalue weighted by Crippen LogP contribution is -2.20. The van der Waals surface area contributed by atoms with Crippen LogP contribution in [0.4, 0.5) is 42.5 Å². The van der Waals surface area contributed by atoms with Gasteiger partial charge in [-0.2, -0.15) is 26.3 Å². The number of alkyl halides is 6. The molecule has 2 aromatic carbocycles. The zero-order valence-corrected chi connectivity index (χ0v) is 14.5. The Hall–Kier alpha value is -3.11. The number of anilines is 2. The highest BCUT2D eigenvalue weighted by molar-refractivity contribution is 6.00. The fraction of sp³-hybridized carbons (Fsp3) is 0.235. The average molecular weight is 408 g/mol. The molecule has 152 valence electrons. The summed E-state index contributed by atoms with van der Waals surface area (Å²) in [5.41, 5.74) is -3.56. The van der Waals surface area contributed by atoms with Crippen LogP contribution in [0, 0.1) is 0 Å². The van der Waals surface area contributed by atoms with Crippen LogP contribution in [0.1, 0.15) is 11.1 Å². The number of urea groups is 1. The van der Waals surface area contributed by atoms with Crippen LogP contribution in [0.25, 0.3) is 0 Å². The first kappa shape index (κ1) is 21.2. The Bertz CT molecular complexity index is 833. The number of nitrogens with one attached hydrogen (secondary N) is 2. The van der Waals surface area contributed by atoms with Gasteiger partial charge in [-0.25, -0.2) is 4.79 Å². The van der Waals surface area contributed by atoms with Gasteiger partial charge in [-0.05, 0) is 30.3 Å². The maximum absolute atomic E-state index is 12.9. The molecule has 0 unspecified atom stereocenters. The van der Waals surface area contributed by atoms with Gasteiger partial charge in [0.05, 0.1) is 25.3 Å². The van der Waals surface area contributed by atoms with E-state index in [9.17, 15) is 31.1 Å². The third-order valence-electron chi connectivity index (χ3n) is 3.49. The summed E-state index contributed by atoms with van der Waals surface area (Å²) in [7, 11) is 2.74. The minimum absolute atomic E-state index is 0.0303. The van der Waals surface area contributed by atoms with E-state index in [0.717, 1.165) is 0 Å². The molecule has 0 saturated heterocycles. The van der Waals surface area contributed by atoms with Crippen LogP contribution < -0.4 is 20.1 Å². The number of hydrogen-bond acceptors (Lipinski definition) is 3. The molecule has 0 fully saturated rings. The van der Waals surface area contributed by atoms with Crippen molar-refractivity contribution in [2.45, 2.75) is 12.4 Å². The molecule has 0 aromatic heterocycles. The second-order valence-corrected chi connectivity index (χ2v) is 5.44.